The van der Waals surface area contributed by atoms with Gasteiger partial charge in [-0.2, -0.15) is 9.50 Å². The van der Waals surface area contributed by atoms with Crippen LogP contribution in [-0.2, 0) is 0 Å². The van der Waals surface area contributed by atoms with E-state index in [0.717, 1.165) is 10.2 Å². The number of fused-ring (bicyclic) bond motifs is 4. The summed E-state index contributed by atoms with van der Waals surface area (Å²) >= 11 is 0. The van der Waals surface area contributed by atoms with Crippen molar-refractivity contribution in [2.24, 2.45) is 0 Å². The lowest BCUT2D eigenvalue weighted by Gasteiger charge is -2.18. The van der Waals surface area contributed by atoms with Crippen LogP contribution in [0.5, 0.6) is 11.5 Å². The average Bonchev–Trinajstić information content (AvgIpc) is 3.31. The van der Waals surface area contributed by atoms with E-state index in [1.54, 1.807) is 48.8 Å². The van der Waals surface area contributed by atoms with Gasteiger partial charge in [0.05, 0.1) is 10.9 Å². The highest BCUT2D eigenvalue weighted by atomic mass is 16.6. The lowest BCUT2D eigenvalue weighted by molar-refractivity contribution is 0.101. The molecule has 11 nitrogen and oxygen atoms in total. The van der Waals surface area contributed by atoms with Crippen LogP contribution >= 0.6 is 0 Å². The van der Waals surface area contributed by atoms with Gasteiger partial charge in [-0.3, -0.25) is 20.0 Å². The van der Waals surface area contributed by atoms with E-state index in [1.165, 1.54) is 16.9 Å². The molecule has 6 rings (SSSR count). The lowest BCUT2D eigenvalue weighted by atomic mass is 10.2. The van der Waals surface area contributed by atoms with E-state index in [9.17, 15) is 9.59 Å². The third-order valence-electron chi connectivity index (χ3n) is 5.20. The van der Waals surface area contributed by atoms with Gasteiger partial charge >= 0.3 is 0 Å². The molecule has 0 spiro atoms. The van der Waals surface area contributed by atoms with Gasteiger partial charge in [-0.1, -0.05) is 0 Å². The van der Waals surface area contributed by atoms with Crippen LogP contribution < -0.4 is 20.5 Å². The van der Waals surface area contributed by atoms with Crippen molar-refractivity contribution in [3.63, 3.8) is 0 Å². The number of aromatic nitrogens is 6. The topological polar surface area (TPSA) is 126 Å². The number of carbonyl (C=O) groups excluding carboxylic acids is 1. The number of nitrogens with zero attached hydrogens (tertiary/aromatic N) is 6. The van der Waals surface area contributed by atoms with Gasteiger partial charge in [0, 0.05) is 35.9 Å². The number of nitrogens with one attached hydrogen (secondary N) is 1. The fourth-order valence-electron chi connectivity index (χ4n) is 3.59. The van der Waals surface area contributed by atoms with E-state index in [4.69, 9.17) is 9.47 Å². The first-order valence-electron chi connectivity index (χ1n) is 10.1. The summed E-state index contributed by atoms with van der Waals surface area (Å²) in [6.07, 6.45) is 6.18. The van der Waals surface area contributed by atoms with E-state index in [-0.39, 0.29) is 5.39 Å². The predicted molar refractivity (Wildman–Crippen MR) is 117 cm³/mol. The van der Waals surface area contributed by atoms with E-state index in [1.807, 2.05) is 0 Å². The van der Waals surface area contributed by atoms with Crippen LogP contribution in [0.3, 0.4) is 0 Å². The van der Waals surface area contributed by atoms with Crippen LogP contribution in [0, 0.1) is 0 Å². The molecule has 1 amide bonds. The molecule has 5 aromatic rings. The van der Waals surface area contributed by atoms with Crippen molar-refractivity contribution in [2.45, 2.75) is 0 Å². The monoisotopic (exact) mass is 441 g/mol. The molecule has 5 heterocycles. The molecular formula is C22H15N7O4. The van der Waals surface area contributed by atoms with Crippen LogP contribution in [0.25, 0.3) is 28.1 Å². The Morgan fingerprint density at radius 1 is 1.03 bits per heavy atom. The minimum absolute atomic E-state index is 0.277. The summed E-state index contributed by atoms with van der Waals surface area (Å²) in [5.41, 5.74) is 3.77. The number of carbonyl (C=O) groups is 1. The average molecular weight is 441 g/mol. The van der Waals surface area contributed by atoms with Crippen LogP contribution in [0.4, 0.5) is 0 Å². The number of pyridine rings is 2. The molecule has 0 fully saturated rings. The van der Waals surface area contributed by atoms with Gasteiger partial charge in [0.25, 0.3) is 17.2 Å². The zero-order valence-electron chi connectivity index (χ0n) is 17.0. The van der Waals surface area contributed by atoms with Crippen molar-refractivity contribution in [3.8, 4) is 22.9 Å². The Kier molecular flexibility index (Phi) is 4.25. The maximum absolute atomic E-state index is 13.0. The third-order valence-corrected chi connectivity index (χ3v) is 5.20. The van der Waals surface area contributed by atoms with E-state index in [2.05, 4.69) is 25.5 Å². The van der Waals surface area contributed by atoms with Crippen LogP contribution in [-0.4, -0.2) is 48.4 Å². The maximum atomic E-state index is 13.0. The van der Waals surface area contributed by atoms with Gasteiger partial charge < -0.3 is 9.47 Å². The standard InChI is InChI=1S/C22H15N7O4/c30-20(14-1-2-17-18(11-14)33-10-9-32-17)27-28-8-5-16-15(21(28)31)12-24-22-25-19(26-29(16)22)13-3-6-23-7-4-13/h1-8,11-12H,9-10H2,(H,27,30). The Labute approximate surface area is 185 Å². The van der Waals surface area contributed by atoms with E-state index in [0.29, 0.717) is 47.4 Å². The second kappa shape index (κ2) is 7.41. The number of amides is 1. The summed E-state index contributed by atoms with van der Waals surface area (Å²) in [6, 6.07) is 10.1. The number of benzene rings is 1. The molecular weight excluding hydrogens is 426 g/mol. The van der Waals surface area contributed by atoms with Crippen LogP contribution in [0.15, 0.2) is 66.0 Å². The zero-order valence-corrected chi connectivity index (χ0v) is 17.0. The smallest absolute Gasteiger partial charge is 0.280 e. The first-order valence-corrected chi connectivity index (χ1v) is 10.1. The highest BCUT2D eigenvalue weighted by Crippen LogP contribution is 2.30. The minimum atomic E-state index is -0.469. The number of hydrogen-bond donors (Lipinski definition) is 1. The van der Waals surface area contributed by atoms with E-state index < -0.39 is 11.5 Å². The molecule has 11 heteroatoms. The van der Waals surface area contributed by atoms with Crippen molar-refractivity contribution in [1.29, 1.82) is 0 Å². The Hall–Kier alpha value is -4.80. The number of ether oxygens (including phenoxy) is 2. The predicted octanol–water partition coefficient (Wildman–Crippen LogP) is 1.66. The van der Waals surface area contributed by atoms with Gasteiger partial charge in [-0.25, -0.2) is 9.66 Å². The van der Waals surface area contributed by atoms with Crippen LogP contribution in [0.1, 0.15) is 10.4 Å². The second-order valence-corrected chi connectivity index (χ2v) is 7.23. The van der Waals surface area contributed by atoms with Crippen LogP contribution in [0.2, 0.25) is 0 Å². The molecule has 0 saturated heterocycles. The van der Waals surface area contributed by atoms with Gasteiger partial charge in [0.15, 0.2) is 17.3 Å². The summed E-state index contributed by atoms with van der Waals surface area (Å²) < 4.78 is 13.6. The SMILES string of the molecule is O=C(Nn1ccc2c(cnc3nc(-c4ccncc4)nn32)c1=O)c1ccc2c(c1)OCCO2. The zero-order chi connectivity index (χ0) is 22.4. The molecule has 0 atom stereocenters. The molecule has 0 saturated carbocycles. The minimum Gasteiger partial charge on any atom is -0.486 e. The number of rotatable bonds is 3. The summed E-state index contributed by atoms with van der Waals surface area (Å²) in [4.78, 5) is 38.5. The highest BCUT2D eigenvalue weighted by molar-refractivity contribution is 6.00. The fraction of sp³-hybridized carbons (Fsp3) is 0.0909. The summed E-state index contributed by atoms with van der Waals surface area (Å²) in [6.45, 7) is 0.872. The Morgan fingerprint density at radius 3 is 2.70 bits per heavy atom. The summed E-state index contributed by atoms with van der Waals surface area (Å²) in [7, 11) is 0. The van der Waals surface area contributed by atoms with Crippen molar-refractivity contribution in [1.82, 2.24) is 29.2 Å². The Morgan fingerprint density at radius 2 is 1.85 bits per heavy atom. The third kappa shape index (κ3) is 3.22. The molecule has 1 aromatic carbocycles. The van der Waals surface area contributed by atoms with Crippen molar-refractivity contribution in [2.75, 3.05) is 18.6 Å². The van der Waals surface area contributed by atoms with Gasteiger partial charge in [0.2, 0.25) is 0 Å². The molecule has 1 aliphatic rings. The largest absolute Gasteiger partial charge is 0.486 e. The van der Waals surface area contributed by atoms with E-state index >= 15 is 0 Å². The van der Waals surface area contributed by atoms with Gasteiger partial charge in [0.1, 0.15) is 13.2 Å². The molecule has 0 bridgehead atoms. The van der Waals surface area contributed by atoms with Crippen molar-refractivity contribution in [3.05, 3.63) is 77.1 Å². The second-order valence-electron chi connectivity index (χ2n) is 7.23. The molecule has 33 heavy (non-hydrogen) atoms. The molecule has 0 radical (unpaired) electrons. The number of hydrogen-bond acceptors (Lipinski definition) is 8. The molecule has 0 aliphatic carbocycles. The van der Waals surface area contributed by atoms with Crippen molar-refractivity contribution < 1.29 is 14.3 Å². The first-order chi connectivity index (χ1) is 16.2. The Bertz CT molecular complexity index is 1590. The van der Waals surface area contributed by atoms with Crippen molar-refractivity contribution >= 4 is 22.6 Å². The normalized spacial score (nSPS) is 12.7. The lowest BCUT2D eigenvalue weighted by Crippen LogP contribution is -2.33. The molecule has 162 valence electrons. The first kappa shape index (κ1) is 18.9. The molecule has 1 aliphatic heterocycles. The summed E-state index contributed by atoms with van der Waals surface area (Å²) in [5.74, 6) is 1.42. The quantitative estimate of drug-likeness (QED) is 0.448. The highest BCUT2D eigenvalue weighted by Gasteiger charge is 2.17. The molecule has 0 unspecified atom stereocenters. The molecule has 1 N–H and O–H groups in total. The van der Waals surface area contributed by atoms with Gasteiger partial charge in [-0.15, -0.1) is 5.10 Å². The molecule has 4 aromatic heterocycles. The van der Waals surface area contributed by atoms with Gasteiger partial charge in [-0.05, 0) is 36.4 Å². The fourth-order valence-corrected chi connectivity index (χ4v) is 3.59. The summed E-state index contributed by atoms with van der Waals surface area (Å²) in [5, 5.41) is 4.76. The Balaban J connectivity index is 1.36. The maximum Gasteiger partial charge on any atom is 0.280 e.